The van der Waals surface area contributed by atoms with E-state index in [1.807, 2.05) is 24.1 Å². The van der Waals surface area contributed by atoms with Crippen LogP contribution in [0.3, 0.4) is 0 Å². The third-order valence-corrected chi connectivity index (χ3v) is 6.56. The van der Waals surface area contributed by atoms with Crippen LogP contribution in [0.5, 0.6) is 0 Å². The topological polar surface area (TPSA) is 56.7 Å². The quantitative estimate of drug-likeness (QED) is 0.845. The van der Waals surface area contributed by atoms with Crippen LogP contribution in [0.4, 0.5) is 0 Å². The van der Waals surface area contributed by atoms with Crippen LogP contribution >= 0.6 is 0 Å². The summed E-state index contributed by atoms with van der Waals surface area (Å²) >= 11 is 0. The average Bonchev–Trinajstić information content (AvgIpc) is 3.12. The maximum Gasteiger partial charge on any atom is 0.227 e. The minimum Gasteiger partial charge on any atom is -0.340 e. The largest absolute Gasteiger partial charge is 0.340 e. The minimum atomic E-state index is 0.483. The molecule has 0 atom stereocenters. The predicted octanol–water partition coefficient (Wildman–Crippen LogP) is 3.35. The Hall–Kier alpha value is -1.65. The van der Waals surface area contributed by atoms with E-state index in [2.05, 4.69) is 10.1 Å². The summed E-state index contributed by atoms with van der Waals surface area (Å²) in [7, 11) is 1.99. The summed E-state index contributed by atoms with van der Waals surface area (Å²) in [5.41, 5.74) is 1.56. The second kappa shape index (κ2) is 5.43. The summed E-state index contributed by atoms with van der Waals surface area (Å²) in [6, 6.07) is 0. The summed E-state index contributed by atoms with van der Waals surface area (Å²) in [4.78, 5) is 9.05. The molecule has 4 fully saturated rings. The van der Waals surface area contributed by atoms with Gasteiger partial charge in [-0.2, -0.15) is 4.98 Å². The highest BCUT2D eigenvalue weighted by Gasteiger charge is 2.51. The van der Waals surface area contributed by atoms with Crippen molar-refractivity contribution in [2.24, 2.45) is 30.2 Å². The van der Waals surface area contributed by atoms with E-state index in [1.165, 1.54) is 38.5 Å². The van der Waals surface area contributed by atoms with Crippen molar-refractivity contribution in [1.29, 1.82) is 0 Å². The standard InChI is InChI=1S/C19H26N4O/c1-23-11-16(20-12-23)2-3-18-21-17(22-24-18)10-19-7-13-4-14(8-19)6-15(5-13)9-19/h11-15H,2-10H2,1H3. The molecule has 128 valence electrons. The van der Waals surface area contributed by atoms with Gasteiger partial charge in [0.2, 0.25) is 5.89 Å². The van der Waals surface area contributed by atoms with Crippen molar-refractivity contribution in [1.82, 2.24) is 19.7 Å². The first-order valence-corrected chi connectivity index (χ1v) is 9.44. The molecule has 4 aliphatic rings. The molecule has 5 heteroatoms. The Labute approximate surface area is 142 Å². The van der Waals surface area contributed by atoms with Crippen molar-refractivity contribution < 1.29 is 4.52 Å². The van der Waals surface area contributed by atoms with Crippen LogP contribution in [0.1, 0.15) is 55.9 Å². The van der Waals surface area contributed by atoms with Gasteiger partial charge >= 0.3 is 0 Å². The second-order valence-electron chi connectivity index (χ2n) is 8.73. The maximum atomic E-state index is 5.51. The van der Waals surface area contributed by atoms with Gasteiger partial charge < -0.3 is 9.09 Å². The Morgan fingerprint density at radius 2 is 1.83 bits per heavy atom. The molecule has 0 amide bonds. The number of rotatable bonds is 5. The van der Waals surface area contributed by atoms with Crippen molar-refractivity contribution in [2.75, 3.05) is 0 Å². The first kappa shape index (κ1) is 14.7. The van der Waals surface area contributed by atoms with E-state index in [1.54, 1.807) is 0 Å². The van der Waals surface area contributed by atoms with E-state index >= 15 is 0 Å². The molecule has 6 rings (SSSR count). The Kier molecular flexibility index (Phi) is 3.32. The number of hydrogen-bond acceptors (Lipinski definition) is 4. The van der Waals surface area contributed by atoms with E-state index < -0.39 is 0 Å². The monoisotopic (exact) mass is 326 g/mol. The van der Waals surface area contributed by atoms with Gasteiger partial charge in [-0.15, -0.1) is 0 Å². The van der Waals surface area contributed by atoms with Crippen LogP contribution in [-0.4, -0.2) is 19.7 Å². The number of imidazole rings is 1. The molecule has 0 radical (unpaired) electrons. The van der Waals surface area contributed by atoms with Crippen LogP contribution < -0.4 is 0 Å². The van der Waals surface area contributed by atoms with Crippen LogP contribution in [-0.2, 0) is 26.3 Å². The van der Waals surface area contributed by atoms with E-state index in [4.69, 9.17) is 9.51 Å². The van der Waals surface area contributed by atoms with Crippen molar-refractivity contribution in [3.8, 4) is 0 Å². The summed E-state index contributed by atoms with van der Waals surface area (Å²) < 4.78 is 7.49. The second-order valence-corrected chi connectivity index (χ2v) is 8.73. The zero-order valence-electron chi connectivity index (χ0n) is 14.4. The summed E-state index contributed by atoms with van der Waals surface area (Å²) in [6.45, 7) is 0. The third-order valence-electron chi connectivity index (χ3n) is 6.56. The highest BCUT2D eigenvalue weighted by atomic mass is 16.5. The van der Waals surface area contributed by atoms with Gasteiger partial charge in [0.1, 0.15) is 0 Å². The molecule has 0 saturated heterocycles. The highest BCUT2D eigenvalue weighted by Crippen LogP contribution is 2.60. The Balaban J connectivity index is 1.25. The Bertz CT molecular complexity index is 696. The van der Waals surface area contributed by atoms with Gasteiger partial charge in [0, 0.05) is 26.1 Å². The van der Waals surface area contributed by atoms with Gasteiger partial charge in [0.15, 0.2) is 5.82 Å². The van der Waals surface area contributed by atoms with Crippen molar-refractivity contribution in [3.63, 3.8) is 0 Å². The van der Waals surface area contributed by atoms with Crippen molar-refractivity contribution in [3.05, 3.63) is 29.9 Å². The Morgan fingerprint density at radius 1 is 1.12 bits per heavy atom. The Morgan fingerprint density at radius 3 is 2.46 bits per heavy atom. The summed E-state index contributed by atoms with van der Waals surface area (Å²) in [5.74, 6) is 4.64. The molecule has 24 heavy (non-hydrogen) atoms. The number of hydrogen-bond donors (Lipinski definition) is 0. The van der Waals surface area contributed by atoms with Gasteiger partial charge in [-0.1, -0.05) is 5.16 Å². The van der Waals surface area contributed by atoms with Crippen molar-refractivity contribution in [2.45, 2.75) is 57.8 Å². The predicted molar refractivity (Wildman–Crippen MR) is 89.2 cm³/mol. The van der Waals surface area contributed by atoms with Crippen LogP contribution in [0.25, 0.3) is 0 Å². The van der Waals surface area contributed by atoms with E-state index in [0.29, 0.717) is 5.41 Å². The molecule has 4 saturated carbocycles. The number of aryl methyl sites for hydroxylation is 3. The fourth-order valence-electron chi connectivity index (χ4n) is 6.14. The smallest absolute Gasteiger partial charge is 0.227 e. The van der Waals surface area contributed by atoms with E-state index in [-0.39, 0.29) is 0 Å². The lowest BCUT2D eigenvalue weighted by molar-refractivity contribution is -0.0533. The zero-order chi connectivity index (χ0) is 16.1. The average molecular weight is 326 g/mol. The van der Waals surface area contributed by atoms with Crippen LogP contribution in [0.2, 0.25) is 0 Å². The van der Waals surface area contributed by atoms with Crippen molar-refractivity contribution >= 4 is 0 Å². The molecule has 4 aliphatic carbocycles. The third kappa shape index (κ3) is 2.68. The molecule has 4 bridgehead atoms. The van der Waals surface area contributed by atoms with Gasteiger partial charge in [-0.3, -0.25) is 0 Å². The summed E-state index contributed by atoms with van der Waals surface area (Å²) in [6.07, 6.45) is 15.2. The number of nitrogens with zero attached hydrogens (tertiary/aromatic N) is 4. The van der Waals surface area contributed by atoms with E-state index in [9.17, 15) is 0 Å². The SMILES string of the molecule is Cn1cnc(CCc2nc(CC34CC5CC(CC(C5)C3)C4)no2)c1. The minimum absolute atomic E-state index is 0.483. The lowest BCUT2D eigenvalue weighted by atomic mass is 9.49. The number of aromatic nitrogens is 4. The fourth-order valence-corrected chi connectivity index (χ4v) is 6.14. The molecule has 2 aromatic rings. The van der Waals surface area contributed by atoms with Crippen LogP contribution in [0.15, 0.2) is 17.0 Å². The lowest BCUT2D eigenvalue weighted by Crippen LogP contribution is -2.47. The normalized spacial score (nSPS) is 34.1. The maximum absolute atomic E-state index is 5.51. The molecule has 0 unspecified atom stereocenters. The lowest BCUT2D eigenvalue weighted by Gasteiger charge is -2.56. The van der Waals surface area contributed by atoms with E-state index in [0.717, 1.165) is 54.4 Å². The molecule has 2 aromatic heterocycles. The van der Waals surface area contributed by atoms with Gasteiger partial charge in [0.25, 0.3) is 0 Å². The molecule has 0 aromatic carbocycles. The summed E-state index contributed by atoms with van der Waals surface area (Å²) in [5, 5.41) is 4.30. The molecule has 0 N–H and O–H groups in total. The first-order valence-electron chi connectivity index (χ1n) is 9.44. The van der Waals surface area contributed by atoms with Crippen LogP contribution in [0, 0.1) is 23.2 Å². The highest BCUT2D eigenvalue weighted by molar-refractivity contribution is 5.06. The van der Waals surface area contributed by atoms with Gasteiger partial charge in [-0.25, -0.2) is 4.98 Å². The van der Waals surface area contributed by atoms with Gasteiger partial charge in [0.05, 0.1) is 12.0 Å². The fraction of sp³-hybridized carbons (Fsp3) is 0.737. The molecule has 2 heterocycles. The van der Waals surface area contributed by atoms with Gasteiger partial charge in [-0.05, 0) is 68.1 Å². The molecular weight excluding hydrogens is 300 g/mol. The molecule has 5 nitrogen and oxygen atoms in total. The molecule has 0 aliphatic heterocycles. The zero-order valence-corrected chi connectivity index (χ0v) is 14.4. The molecular formula is C19H26N4O. The first-order chi connectivity index (χ1) is 11.7. The molecule has 0 spiro atoms.